The second-order valence-electron chi connectivity index (χ2n) is 5.37. The topological polar surface area (TPSA) is 94.9 Å². The van der Waals surface area contributed by atoms with Gasteiger partial charge in [0.2, 0.25) is 10.0 Å². The van der Waals surface area contributed by atoms with E-state index in [-0.39, 0.29) is 22.5 Å². The van der Waals surface area contributed by atoms with Crippen molar-refractivity contribution in [1.29, 1.82) is 5.26 Å². The highest BCUT2D eigenvalue weighted by Crippen LogP contribution is 2.24. The third kappa shape index (κ3) is 3.24. The molecule has 1 aliphatic heterocycles. The molecule has 118 valence electrons. The van der Waals surface area contributed by atoms with Crippen molar-refractivity contribution >= 4 is 10.0 Å². The van der Waals surface area contributed by atoms with Crippen LogP contribution < -0.4 is 10.0 Å². The van der Waals surface area contributed by atoms with Crippen LogP contribution in [0.2, 0.25) is 0 Å². The monoisotopic (exact) mass is 328 g/mol. The number of benzene rings is 1. The van der Waals surface area contributed by atoms with Gasteiger partial charge in [-0.3, -0.25) is 0 Å². The van der Waals surface area contributed by atoms with Crippen molar-refractivity contribution in [3.05, 3.63) is 59.9 Å². The lowest BCUT2D eigenvalue weighted by Gasteiger charge is -2.20. The van der Waals surface area contributed by atoms with Crippen LogP contribution in [-0.2, 0) is 10.0 Å². The molecule has 7 heteroatoms. The molecule has 2 N–H and O–H groups in total. The van der Waals surface area contributed by atoms with Crippen LogP contribution in [0.5, 0.6) is 0 Å². The fourth-order valence-electron chi connectivity index (χ4n) is 2.81. The van der Waals surface area contributed by atoms with Gasteiger partial charge in [-0.05, 0) is 17.7 Å². The number of aromatic nitrogens is 1. The van der Waals surface area contributed by atoms with E-state index in [2.05, 4.69) is 15.0 Å². The maximum Gasteiger partial charge on any atom is 0.243 e. The molecule has 0 amide bonds. The molecule has 0 aliphatic carbocycles. The summed E-state index contributed by atoms with van der Waals surface area (Å²) in [4.78, 5) is 3.74. The molecule has 0 spiro atoms. The highest BCUT2D eigenvalue weighted by atomic mass is 32.2. The van der Waals surface area contributed by atoms with Gasteiger partial charge in [-0.2, -0.15) is 5.26 Å². The Labute approximate surface area is 135 Å². The van der Waals surface area contributed by atoms with E-state index in [9.17, 15) is 8.42 Å². The molecule has 0 saturated carbocycles. The first-order chi connectivity index (χ1) is 11.1. The minimum absolute atomic E-state index is 0.0492. The van der Waals surface area contributed by atoms with Gasteiger partial charge in [0.05, 0.1) is 0 Å². The maximum absolute atomic E-state index is 12.6. The molecule has 3 rings (SSSR count). The van der Waals surface area contributed by atoms with Crippen LogP contribution in [0, 0.1) is 11.3 Å². The summed E-state index contributed by atoms with van der Waals surface area (Å²) >= 11 is 0. The number of nitriles is 1. The first kappa shape index (κ1) is 15.6. The number of nitrogens with one attached hydrogen (secondary N) is 2. The molecule has 1 saturated heterocycles. The van der Waals surface area contributed by atoms with E-state index in [1.54, 1.807) is 0 Å². The van der Waals surface area contributed by atoms with Gasteiger partial charge in [-0.15, -0.1) is 0 Å². The molecule has 6 nitrogen and oxygen atoms in total. The summed E-state index contributed by atoms with van der Waals surface area (Å²) in [7, 11) is -3.80. The molecule has 1 aliphatic rings. The van der Waals surface area contributed by atoms with Crippen LogP contribution in [0.4, 0.5) is 0 Å². The van der Waals surface area contributed by atoms with Gasteiger partial charge in [0, 0.05) is 31.2 Å². The van der Waals surface area contributed by atoms with Crippen molar-refractivity contribution in [2.45, 2.75) is 16.9 Å². The Morgan fingerprint density at radius 3 is 2.70 bits per heavy atom. The van der Waals surface area contributed by atoms with E-state index < -0.39 is 10.0 Å². The Morgan fingerprint density at radius 1 is 1.17 bits per heavy atom. The minimum atomic E-state index is -3.80. The zero-order valence-corrected chi connectivity index (χ0v) is 13.1. The first-order valence-corrected chi connectivity index (χ1v) is 8.73. The van der Waals surface area contributed by atoms with Crippen LogP contribution in [0.15, 0.2) is 53.6 Å². The van der Waals surface area contributed by atoms with E-state index in [4.69, 9.17) is 5.26 Å². The summed E-state index contributed by atoms with van der Waals surface area (Å²) < 4.78 is 27.9. The quantitative estimate of drug-likeness (QED) is 0.872. The van der Waals surface area contributed by atoms with Crippen molar-refractivity contribution in [3.63, 3.8) is 0 Å². The Morgan fingerprint density at radius 2 is 1.96 bits per heavy atom. The molecule has 2 aromatic rings. The normalized spacial score (nSPS) is 21.0. The molecule has 0 radical (unpaired) electrons. The van der Waals surface area contributed by atoms with Crippen molar-refractivity contribution < 1.29 is 8.42 Å². The highest BCUT2D eigenvalue weighted by Gasteiger charge is 2.33. The van der Waals surface area contributed by atoms with Crippen molar-refractivity contribution in [3.8, 4) is 6.07 Å². The van der Waals surface area contributed by atoms with Gasteiger partial charge < -0.3 is 5.32 Å². The fraction of sp³-hybridized carbons (Fsp3) is 0.250. The summed E-state index contributed by atoms with van der Waals surface area (Å²) in [6.45, 7) is 1.25. The van der Waals surface area contributed by atoms with Crippen LogP contribution in [0.25, 0.3) is 0 Å². The van der Waals surface area contributed by atoms with Crippen molar-refractivity contribution in [2.24, 2.45) is 0 Å². The number of sulfonamides is 1. The fourth-order valence-corrected chi connectivity index (χ4v) is 4.19. The van der Waals surface area contributed by atoms with Gasteiger partial charge in [0.1, 0.15) is 11.0 Å². The lowest BCUT2D eigenvalue weighted by atomic mass is 9.95. The largest absolute Gasteiger partial charge is 0.314 e. The summed E-state index contributed by atoms with van der Waals surface area (Å²) in [6.07, 6.45) is 1.40. The Balaban J connectivity index is 1.87. The SMILES string of the molecule is N#Cc1ncccc1S(=O)(=O)N[C@@H]1CNC[C@H]1c1ccccc1. The minimum Gasteiger partial charge on any atom is -0.314 e. The smallest absolute Gasteiger partial charge is 0.243 e. The van der Waals surface area contributed by atoms with E-state index in [1.807, 2.05) is 36.4 Å². The summed E-state index contributed by atoms with van der Waals surface area (Å²) in [5.41, 5.74) is 0.985. The van der Waals surface area contributed by atoms with Gasteiger partial charge in [-0.25, -0.2) is 18.1 Å². The molecule has 1 aromatic carbocycles. The molecular weight excluding hydrogens is 312 g/mol. The molecule has 0 bridgehead atoms. The molecule has 23 heavy (non-hydrogen) atoms. The Bertz CT molecular complexity index is 831. The molecule has 1 fully saturated rings. The third-order valence-corrected chi connectivity index (χ3v) is 5.44. The van der Waals surface area contributed by atoms with Crippen molar-refractivity contribution in [1.82, 2.24) is 15.0 Å². The second-order valence-corrected chi connectivity index (χ2v) is 7.05. The summed E-state index contributed by atoms with van der Waals surface area (Å²) in [5.74, 6) is 0.0492. The zero-order chi connectivity index (χ0) is 16.3. The number of pyridine rings is 1. The van der Waals surface area contributed by atoms with Crippen LogP contribution in [0.3, 0.4) is 0 Å². The molecule has 2 atom stereocenters. The Kier molecular flexibility index (Phi) is 4.39. The van der Waals surface area contributed by atoms with Crippen molar-refractivity contribution in [2.75, 3.05) is 13.1 Å². The van der Waals surface area contributed by atoms with Gasteiger partial charge >= 0.3 is 0 Å². The summed E-state index contributed by atoms with van der Waals surface area (Å²) in [6, 6.07) is 14.2. The average molecular weight is 328 g/mol. The molecule has 0 unspecified atom stereocenters. The maximum atomic E-state index is 12.6. The first-order valence-electron chi connectivity index (χ1n) is 7.25. The van der Waals surface area contributed by atoms with Gasteiger partial charge in [-0.1, -0.05) is 30.3 Å². The predicted molar refractivity (Wildman–Crippen MR) is 85.1 cm³/mol. The molecule has 2 heterocycles. The van der Waals surface area contributed by atoms with E-state index in [0.717, 1.165) is 5.56 Å². The van der Waals surface area contributed by atoms with E-state index in [1.165, 1.54) is 18.3 Å². The van der Waals surface area contributed by atoms with Gasteiger partial charge in [0.25, 0.3) is 0 Å². The number of nitrogens with zero attached hydrogens (tertiary/aromatic N) is 2. The third-order valence-electron chi connectivity index (χ3n) is 3.91. The zero-order valence-electron chi connectivity index (χ0n) is 12.3. The van der Waals surface area contributed by atoms with Gasteiger partial charge in [0.15, 0.2) is 5.69 Å². The molecule has 1 aromatic heterocycles. The number of hydrogen-bond acceptors (Lipinski definition) is 5. The van der Waals surface area contributed by atoms with E-state index in [0.29, 0.717) is 13.1 Å². The van der Waals surface area contributed by atoms with Crippen LogP contribution in [-0.4, -0.2) is 32.5 Å². The van der Waals surface area contributed by atoms with Crippen LogP contribution >= 0.6 is 0 Å². The predicted octanol–water partition coefficient (Wildman–Crippen LogP) is 0.987. The Hall–Kier alpha value is -2.27. The average Bonchev–Trinajstić information content (AvgIpc) is 3.03. The number of rotatable bonds is 4. The molecular formula is C16H16N4O2S. The standard InChI is InChI=1S/C16H16N4O2S/c17-9-14-16(7-4-8-19-14)23(21,22)20-15-11-18-10-13(15)12-5-2-1-3-6-12/h1-8,13,15,18,20H,10-11H2/t13-,15+/m0/s1. The highest BCUT2D eigenvalue weighted by molar-refractivity contribution is 7.89. The lowest BCUT2D eigenvalue weighted by molar-refractivity contribution is 0.541. The number of hydrogen-bond donors (Lipinski definition) is 2. The summed E-state index contributed by atoms with van der Waals surface area (Å²) in [5, 5.41) is 12.3. The van der Waals surface area contributed by atoms with E-state index >= 15 is 0 Å². The van der Waals surface area contributed by atoms with Crippen LogP contribution in [0.1, 0.15) is 17.2 Å². The lowest BCUT2D eigenvalue weighted by Crippen LogP contribution is -2.39. The second kappa shape index (κ2) is 6.46.